The lowest BCUT2D eigenvalue weighted by molar-refractivity contribution is -0.185. The fourth-order valence-corrected chi connectivity index (χ4v) is 2.31. The van der Waals surface area contributed by atoms with E-state index in [0.717, 1.165) is 25.9 Å². The first-order valence-corrected chi connectivity index (χ1v) is 6.71. The maximum absolute atomic E-state index is 12.1. The summed E-state index contributed by atoms with van der Waals surface area (Å²) in [5.74, 6) is 0. The summed E-state index contributed by atoms with van der Waals surface area (Å²) in [6, 6.07) is 0. The SMILES string of the molecule is FC(F)O[C@H]1COC[C@@H]1OCCOC1CCNCC1. The lowest BCUT2D eigenvalue weighted by atomic mass is 10.1. The molecule has 5 nitrogen and oxygen atoms in total. The van der Waals surface area contributed by atoms with Gasteiger partial charge in [0.2, 0.25) is 0 Å². The molecule has 0 unspecified atom stereocenters. The van der Waals surface area contributed by atoms with Crippen LogP contribution in [0, 0.1) is 0 Å². The van der Waals surface area contributed by atoms with Gasteiger partial charge in [-0.15, -0.1) is 0 Å². The number of piperidine rings is 1. The highest BCUT2D eigenvalue weighted by Gasteiger charge is 2.32. The van der Waals surface area contributed by atoms with E-state index in [1.54, 1.807) is 0 Å². The Balaban J connectivity index is 1.56. The molecule has 0 aliphatic carbocycles. The van der Waals surface area contributed by atoms with Crippen molar-refractivity contribution in [1.82, 2.24) is 5.32 Å². The minimum atomic E-state index is -2.79. The van der Waals surface area contributed by atoms with Crippen LogP contribution >= 0.6 is 0 Å². The first kappa shape index (κ1) is 15.1. The lowest BCUT2D eigenvalue weighted by Gasteiger charge is -2.23. The van der Waals surface area contributed by atoms with Crippen LogP contribution in [-0.4, -0.2) is 64.4 Å². The van der Waals surface area contributed by atoms with Crippen LogP contribution in [0.1, 0.15) is 12.8 Å². The topological polar surface area (TPSA) is 49.0 Å². The van der Waals surface area contributed by atoms with Gasteiger partial charge < -0.3 is 24.3 Å². The molecule has 7 heteroatoms. The standard InChI is InChI=1S/C12H21F2NO4/c13-12(14)19-11-8-16-7-10(11)18-6-5-17-9-1-3-15-4-2-9/h9-12,15H,1-8H2/t10-,11-/m0/s1. The molecule has 2 aliphatic heterocycles. The van der Waals surface area contributed by atoms with E-state index in [0.29, 0.717) is 19.8 Å². The molecule has 19 heavy (non-hydrogen) atoms. The summed E-state index contributed by atoms with van der Waals surface area (Å²) in [5.41, 5.74) is 0. The van der Waals surface area contributed by atoms with Gasteiger partial charge in [0.1, 0.15) is 12.2 Å². The first-order chi connectivity index (χ1) is 9.25. The molecule has 2 saturated heterocycles. The molecule has 0 aromatic heterocycles. The monoisotopic (exact) mass is 281 g/mol. The number of ether oxygens (including phenoxy) is 4. The molecule has 0 aromatic rings. The summed E-state index contributed by atoms with van der Waals surface area (Å²) in [6.45, 7) is 0.473. The van der Waals surface area contributed by atoms with Gasteiger partial charge in [-0.2, -0.15) is 8.78 Å². The van der Waals surface area contributed by atoms with Gasteiger partial charge in [0.15, 0.2) is 0 Å². The molecule has 2 fully saturated rings. The minimum Gasteiger partial charge on any atom is -0.376 e. The fraction of sp³-hybridized carbons (Fsp3) is 1.00. The number of alkyl halides is 2. The maximum Gasteiger partial charge on any atom is 0.345 e. The van der Waals surface area contributed by atoms with Gasteiger partial charge in [-0.25, -0.2) is 0 Å². The predicted molar refractivity (Wildman–Crippen MR) is 63.3 cm³/mol. The quantitative estimate of drug-likeness (QED) is 0.699. The second-order valence-electron chi connectivity index (χ2n) is 4.70. The van der Waals surface area contributed by atoms with Crippen molar-refractivity contribution >= 4 is 0 Å². The minimum absolute atomic E-state index is 0.157. The summed E-state index contributed by atoms with van der Waals surface area (Å²) in [6.07, 6.45) is 1.18. The molecule has 2 atom stereocenters. The van der Waals surface area contributed by atoms with Crippen LogP contribution in [0.4, 0.5) is 8.78 Å². The van der Waals surface area contributed by atoms with Crippen LogP contribution in [0.15, 0.2) is 0 Å². The Labute approximate surface area is 111 Å². The molecule has 0 radical (unpaired) electrons. The average Bonchev–Trinajstić information content (AvgIpc) is 2.82. The highest BCUT2D eigenvalue weighted by Crippen LogP contribution is 2.16. The van der Waals surface area contributed by atoms with Crippen molar-refractivity contribution in [2.45, 2.75) is 37.8 Å². The normalized spacial score (nSPS) is 29.2. The zero-order valence-corrected chi connectivity index (χ0v) is 10.9. The van der Waals surface area contributed by atoms with Crippen molar-refractivity contribution in [3.63, 3.8) is 0 Å². The molecule has 1 N–H and O–H groups in total. The van der Waals surface area contributed by atoms with Gasteiger partial charge in [0, 0.05) is 0 Å². The highest BCUT2D eigenvalue weighted by molar-refractivity contribution is 4.76. The van der Waals surface area contributed by atoms with Crippen molar-refractivity contribution in [1.29, 1.82) is 0 Å². The van der Waals surface area contributed by atoms with Crippen molar-refractivity contribution in [2.24, 2.45) is 0 Å². The van der Waals surface area contributed by atoms with Crippen LogP contribution in [0.5, 0.6) is 0 Å². The second kappa shape index (κ2) is 8.06. The van der Waals surface area contributed by atoms with E-state index >= 15 is 0 Å². The van der Waals surface area contributed by atoms with Crippen molar-refractivity contribution in [3.05, 3.63) is 0 Å². The molecule has 0 saturated carbocycles. The molecular weight excluding hydrogens is 260 g/mol. The van der Waals surface area contributed by atoms with Gasteiger partial charge in [0.25, 0.3) is 0 Å². The summed E-state index contributed by atoms with van der Waals surface area (Å²) in [7, 11) is 0. The molecule has 112 valence electrons. The number of hydrogen-bond donors (Lipinski definition) is 1. The van der Waals surface area contributed by atoms with E-state index in [1.165, 1.54) is 0 Å². The van der Waals surface area contributed by atoms with E-state index in [1.807, 2.05) is 0 Å². The smallest absolute Gasteiger partial charge is 0.345 e. The van der Waals surface area contributed by atoms with E-state index < -0.39 is 18.8 Å². The van der Waals surface area contributed by atoms with Crippen molar-refractivity contribution in [2.75, 3.05) is 39.5 Å². The Morgan fingerprint density at radius 3 is 2.47 bits per heavy atom. The third-order valence-electron chi connectivity index (χ3n) is 3.31. The van der Waals surface area contributed by atoms with Crippen LogP contribution in [-0.2, 0) is 18.9 Å². The van der Waals surface area contributed by atoms with Crippen LogP contribution in [0.2, 0.25) is 0 Å². The van der Waals surface area contributed by atoms with E-state index in [2.05, 4.69) is 10.1 Å². The average molecular weight is 281 g/mol. The Morgan fingerprint density at radius 2 is 1.74 bits per heavy atom. The van der Waals surface area contributed by atoms with Crippen LogP contribution in [0.3, 0.4) is 0 Å². The number of halogens is 2. The Kier molecular flexibility index (Phi) is 6.39. The van der Waals surface area contributed by atoms with Gasteiger partial charge in [-0.3, -0.25) is 0 Å². The van der Waals surface area contributed by atoms with E-state index in [4.69, 9.17) is 14.2 Å². The molecule has 0 aromatic carbocycles. The first-order valence-electron chi connectivity index (χ1n) is 6.71. The second-order valence-corrected chi connectivity index (χ2v) is 4.70. The summed E-state index contributed by atoms with van der Waals surface area (Å²) in [5, 5.41) is 3.26. The van der Waals surface area contributed by atoms with Crippen LogP contribution in [0.25, 0.3) is 0 Å². The van der Waals surface area contributed by atoms with Crippen LogP contribution < -0.4 is 5.32 Å². The largest absolute Gasteiger partial charge is 0.376 e. The van der Waals surface area contributed by atoms with E-state index in [9.17, 15) is 8.78 Å². The molecule has 2 heterocycles. The van der Waals surface area contributed by atoms with Gasteiger partial charge in [0.05, 0.1) is 32.5 Å². The Hall–Kier alpha value is -0.340. The summed E-state index contributed by atoms with van der Waals surface area (Å²) >= 11 is 0. The zero-order valence-electron chi connectivity index (χ0n) is 10.9. The molecule has 0 spiro atoms. The summed E-state index contributed by atoms with van der Waals surface area (Å²) in [4.78, 5) is 0. The number of rotatable bonds is 7. The van der Waals surface area contributed by atoms with Gasteiger partial charge in [-0.1, -0.05) is 0 Å². The zero-order chi connectivity index (χ0) is 13.5. The molecule has 2 aliphatic rings. The van der Waals surface area contributed by atoms with Gasteiger partial charge in [-0.05, 0) is 25.9 Å². The molecular formula is C12H21F2NO4. The summed E-state index contributed by atoms with van der Waals surface area (Å²) < 4.78 is 44.9. The van der Waals surface area contributed by atoms with Crippen molar-refractivity contribution in [3.8, 4) is 0 Å². The maximum atomic E-state index is 12.1. The third-order valence-corrected chi connectivity index (χ3v) is 3.31. The van der Waals surface area contributed by atoms with Crippen molar-refractivity contribution < 1.29 is 27.7 Å². The molecule has 0 amide bonds. The fourth-order valence-electron chi connectivity index (χ4n) is 2.31. The van der Waals surface area contributed by atoms with Gasteiger partial charge >= 0.3 is 6.61 Å². The lowest BCUT2D eigenvalue weighted by Crippen LogP contribution is -2.34. The predicted octanol–water partition coefficient (Wildman–Crippen LogP) is 0.778. The third kappa shape index (κ3) is 5.27. The van der Waals surface area contributed by atoms with E-state index in [-0.39, 0.29) is 12.7 Å². The number of nitrogens with one attached hydrogen (secondary N) is 1. The Morgan fingerprint density at radius 1 is 1.05 bits per heavy atom. The number of hydrogen-bond acceptors (Lipinski definition) is 5. The molecule has 0 bridgehead atoms. The Bertz CT molecular complexity index is 252. The highest BCUT2D eigenvalue weighted by atomic mass is 19.3. The molecule has 2 rings (SSSR count).